The van der Waals surface area contributed by atoms with Gasteiger partial charge in [0.1, 0.15) is 0 Å². The van der Waals surface area contributed by atoms with E-state index >= 15 is 0 Å². The molecule has 4 rings (SSSR count). The summed E-state index contributed by atoms with van der Waals surface area (Å²) in [5.41, 5.74) is 12.8. The van der Waals surface area contributed by atoms with E-state index in [0.717, 1.165) is 53.4 Å². The van der Waals surface area contributed by atoms with Crippen LogP contribution in [0.3, 0.4) is 0 Å². The molecule has 6 nitrogen and oxygen atoms in total. The molecule has 25 heavy (non-hydrogen) atoms. The summed E-state index contributed by atoms with van der Waals surface area (Å²) < 4.78 is 1.74. The molecule has 128 valence electrons. The first-order valence-corrected chi connectivity index (χ1v) is 8.61. The highest BCUT2D eigenvalue weighted by atomic mass is 16.3. The van der Waals surface area contributed by atoms with Gasteiger partial charge in [-0.05, 0) is 48.9 Å². The van der Waals surface area contributed by atoms with Crippen molar-refractivity contribution in [3.8, 4) is 11.3 Å². The maximum atomic E-state index is 9.11. The highest BCUT2D eigenvalue weighted by Gasteiger charge is 2.22. The van der Waals surface area contributed by atoms with E-state index in [0.29, 0.717) is 12.2 Å². The lowest BCUT2D eigenvalue weighted by molar-refractivity contribution is 0.269. The zero-order valence-corrected chi connectivity index (χ0v) is 14.0. The van der Waals surface area contributed by atoms with Crippen molar-refractivity contribution in [3.63, 3.8) is 0 Å². The van der Waals surface area contributed by atoms with Gasteiger partial charge >= 0.3 is 0 Å². The molecular formula is C19H21N5O. The molecule has 0 saturated heterocycles. The number of aryl methyl sites for hydroxylation is 1. The fraction of sp³-hybridized carbons (Fsp3) is 0.316. The molecule has 3 aromatic rings. The number of aliphatic hydroxyl groups is 1. The number of benzene rings is 1. The number of nitrogens with one attached hydrogen (secondary N) is 1. The van der Waals surface area contributed by atoms with E-state index < -0.39 is 0 Å². The van der Waals surface area contributed by atoms with Crippen LogP contribution in [0.2, 0.25) is 0 Å². The number of fused-ring (bicyclic) bond motifs is 3. The summed E-state index contributed by atoms with van der Waals surface area (Å²) in [6, 6.07) is 3.76. The highest BCUT2D eigenvalue weighted by molar-refractivity contribution is 6.05. The molecule has 2 aromatic heterocycles. The maximum absolute atomic E-state index is 9.11. The van der Waals surface area contributed by atoms with Gasteiger partial charge in [0, 0.05) is 34.6 Å². The Hall–Kier alpha value is -2.73. The van der Waals surface area contributed by atoms with E-state index in [1.807, 2.05) is 24.5 Å². The van der Waals surface area contributed by atoms with Crippen LogP contribution in [0.25, 0.3) is 22.2 Å². The van der Waals surface area contributed by atoms with Gasteiger partial charge in [0.2, 0.25) is 0 Å². The van der Waals surface area contributed by atoms with Gasteiger partial charge in [-0.2, -0.15) is 5.10 Å². The van der Waals surface area contributed by atoms with Crippen LogP contribution in [0.5, 0.6) is 0 Å². The van der Waals surface area contributed by atoms with E-state index in [1.54, 1.807) is 4.68 Å². The SMILES string of the molecule is N=Cc1c(N)ccc2nc(-c3cnn(CCO)c3)c3c(c12)CCCC3. The Kier molecular flexibility index (Phi) is 3.97. The van der Waals surface area contributed by atoms with Crippen molar-refractivity contribution in [2.45, 2.75) is 32.2 Å². The van der Waals surface area contributed by atoms with Crippen LogP contribution in [0.4, 0.5) is 5.69 Å². The van der Waals surface area contributed by atoms with E-state index in [9.17, 15) is 0 Å². The first kappa shape index (κ1) is 15.8. The minimum atomic E-state index is 0.0619. The van der Waals surface area contributed by atoms with Crippen molar-refractivity contribution in [2.24, 2.45) is 0 Å². The van der Waals surface area contributed by atoms with E-state index in [4.69, 9.17) is 21.2 Å². The Balaban J connectivity index is 1.99. The molecule has 0 atom stereocenters. The quantitative estimate of drug-likeness (QED) is 0.504. The Morgan fingerprint density at radius 2 is 2.04 bits per heavy atom. The van der Waals surface area contributed by atoms with Crippen molar-refractivity contribution in [1.82, 2.24) is 14.8 Å². The standard InChI is InChI=1S/C19H21N5O/c20-9-15-16(21)5-6-17-18(15)13-3-1-2-4-14(13)19(23-17)12-10-22-24(11-12)7-8-25/h5-6,9-11,20,25H,1-4,7-8,21H2. The molecule has 4 N–H and O–H groups in total. The molecule has 0 saturated carbocycles. The van der Waals surface area contributed by atoms with Crippen molar-refractivity contribution in [1.29, 1.82) is 5.41 Å². The number of anilines is 1. The third-order valence-corrected chi connectivity index (χ3v) is 4.93. The number of rotatable bonds is 4. The number of hydrogen-bond donors (Lipinski definition) is 3. The number of pyridine rings is 1. The topological polar surface area (TPSA) is 101 Å². The molecule has 6 heteroatoms. The van der Waals surface area contributed by atoms with Gasteiger partial charge in [0.05, 0.1) is 30.6 Å². The second-order valence-electron chi connectivity index (χ2n) is 6.45. The molecule has 0 radical (unpaired) electrons. The second-order valence-corrected chi connectivity index (χ2v) is 6.45. The predicted molar refractivity (Wildman–Crippen MR) is 99.0 cm³/mol. The fourth-order valence-corrected chi connectivity index (χ4v) is 3.77. The van der Waals surface area contributed by atoms with Crippen LogP contribution in [-0.4, -0.2) is 32.7 Å². The van der Waals surface area contributed by atoms with E-state index in [-0.39, 0.29) is 6.61 Å². The Bertz CT molecular complexity index is 960. The van der Waals surface area contributed by atoms with Crippen molar-refractivity contribution in [3.05, 3.63) is 41.2 Å². The molecular weight excluding hydrogens is 314 g/mol. The van der Waals surface area contributed by atoms with E-state index in [2.05, 4.69) is 5.10 Å². The second kappa shape index (κ2) is 6.29. The van der Waals surface area contributed by atoms with Crippen molar-refractivity contribution < 1.29 is 5.11 Å². The molecule has 0 aliphatic heterocycles. The molecule has 1 aliphatic rings. The van der Waals surface area contributed by atoms with Gasteiger partial charge in [-0.15, -0.1) is 0 Å². The van der Waals surface area contributed by atoms with Crippen LogP contribution < -0.4 is 5.73 Å². The predicted octanol–water partition coefficient (Wildman–Crippen LogP) is 2.55. The van der Waals surface area contributed by atoms with Gasteiger partial charge in [0.25, 0.3) is 0 Å². The Labute approximate surface area is 145 Å². The molecule has 2 heterocycles. The van der Waals surface area contributed by atoms with Gasteiger partial charge in [-0.3, -0.25) is 4.68 Å². The van der Waals surface area contributed by atoms with Crippen molar-refractivity contribution in [2.75, 3.05) is 12.3 Å². The number of hydrogen-bond acceptors (Lipinski definition) is 5. The summed E-state index contributed by atoms with van der Waals surface area (Å²) in [5.74, 6) is 0. The van der Waals surface area contributed by atoms with Crippen LogP contribution in [0, 0.1) is 5.41 Å². The minimum Gasteiger partial charge on any atom is -0.398 e. The smallest absolute Gasteiger partial charge is 0.0775 e. The number of nitrogens with zero attached hydrogens (tertiary/aromatic N) is 3. The Morgan fingerprint density at radius 1 is 1.24 bits per heavy atom. The molecule has 0 spiro atoms. The maximum Gasteiger partial charge on any atom is 0.0775 e. The van der Waals surface area contributed by atoms with Crippen LogP contribution >= 0.6 is 0 Å². The fourth-order valence-electron chi connectivity index (χ4n) is 3.77. The monoisotopic (exact) mass is 335 g/mol. The van der Waals surface area contributed by atoms with Crippen molar-refractivity contribution >= 4 is 22.8 Å². The number of nitrogen functional groups attached to an aromatic ring is 1. The third-order valence-electron chi connectivity index (χ3n) is 4.93. The van der Waals surface area contributed by atoms with Crippen LogP contribution in [-0.2, 0) is 19.4 Å². The number of nitrogens with two attached hydrogens (primary N) is 1. The summed E-state index contributed by atoms with van der Waals surface area (Å²) in [7, 11) is 0. The van der Waals surface area contributed by atoms with Crippen LogP contribution in [0.1, 0.15) is 29.5 Å². The first-order valence-electron chi connectivity index (χ1n) is 8.61. The van der Waals surface area contributed by atoms with Gasteiger partial charge < -0.3 is 16.2 Å². The summed E-state index contributed by atoms with van der Waals surface area (Å²) >= 11 is 0. The normalized spacial score (nSPS) is 13.8. The van der Waals surface area contributed by atoms with Gasteiger partial charge in [0.15, 0.2) is 0 Å². The average molecular weight is 335 g/mol. The number of aromatic nitrogens is 3. The first-order chi connectivity index (χ1) is 12.2. The summed E-state index contributed by atoms with van der Waals surface area (Å²) in [6.07, 6.45) is 9.33. The molecule has 1 aliphatic carbocycles. The summed E-state index contributed by atoms with van der Waals surface area (Å²) in [5, 5.41) is 22.2. The summed E-state index contributed by atoms with van der Waals surface area (Å²) in [4.78, 5) is 4.91. The number of aliphatic hydroxyl groups excluding tert-OH is 1. The lowest BCUT2D eigenvalue weighted by atomic mass is 9.85. The lowest BCUT2D eigenvalue weighted by Gasteiger charge is -2.22. The molecule has 0 fully saturated rings. The van der Waals surface area contributed by atoms with Crippen LogP contribution in [0.15, 0.2) is 24.5 Å². The average Bonchev–Trinajstić information content (AvgIpc) is 3.10. The van der Waals surface area contributed by atoms with Gasteiger partial charge in [-0.25, -0.2) is 4.98 Å². The third kappa shape index (κ3) is 2.59. The van der Waals surface area contributed by atoms with E-state index in [1.165, 1.54) is 17.3 Å². The molecule has 1 aromatic carbocycles. The minimum absolute atomic E-state index is 0.0619. The van der Waals surface area contributed by atoms with Gasteiger partial charge in [-0.1, -0.05) is 0 Å². The lowest BCUT2D eigenvalue weighted by Crippen LogP contribution is -2.09. The summed E-state index contributed by atoms with van der Waals surface area (Å²) in [6.45, 7) is 0.538. The largest absolute Gasteiger partial charge is 0.398 e. The highest BCUT2D eigenvalue weighted by Crippen LogP contribution is 2.37. The Morgan fingerprint density at radius 3 is 2.80 bits per heavy atom. The molecule has 0 bridgehead atoms. The zero-order chi connectivity index (χ0) is 17.4. The zero-order valence-electron chi connectivity index (χ0n) is 14.0. The molecule has 0 unspecified atom stereocenters. The molecule has 0 amide bonds.